The summed E-state index contributed by atoms with van der Waals surface area (Å²) in [6, 6.07) is 4.03. The van der Waals surface area contributed by atoms with E-state index in [1.165, 1.54) is 11.3 Å². The number of nitrogens with one attached hydrogen (secondary N) is 1. The largest absolute Gasteiger partial charge is 0.309 e. The maximum absolute atomic E-state index is 12.7. The highest BCUT2D eigenvalue weighted by molar-refractivity contribution is 7.18. The molecule has 0 unspecified atom stereocenters. The molecule has 0 atom stereocenters. The van der Waals surface area contributed by atoms with Crippen LogP contribution in [0.4, 0.5) is 0 Å². The molecular weight excluding hydrogens is 388 g/mol. The highest BCUT2D eigenvalue weighted by Crippen LogP contribution is 2.33. The van der Waals surface area contributed by atoms with Crippen LogP contribution in [0.1, 0.15) is 5.82 Å². The SMILES string of the molecule is C=C(Cl)CN1CCN(Cc2nc3scc(-c4cccs4)c3c(=O)[nH]2)CC1. The van der Waals surface area contributed by atoms with Crippen molar-refractivity contribution in [3.05, 3.63) is 50.7 Å². The summed E-state index contributed by atoms with van der Waals surface area (Å²) >= 11 is 9.06. The molecule has 0 spiro atoms. The Kier molecular flexibility index (Phi) is 5.24. The minimum atomic E-state index is -0.0493. The van der Waals surface area contributed by atoms with E-state index >= 15 is 0 Å². The Balaban J connectivity index is 1.50. The molecule has 1 aliphatic heterocycles. The van der Waals surface area contributed by atoms with E-state index in [4.69, 9.17) is 16.6 Å². The number of thiophene rings is 2. The summed E-state index contributed by atoms with van der Waals surface area (Å²) in [5, 5.41) is 5.43. The third kappa shape index (κ3) is 3.77. The van der Waals surface area contributed by atoms with Crippen LogP contribution in [-0.2, 0) is 6.54 Å². The number of H-pyrrole nitrogens is 1. The van der Waals surface area contributed by atoms with Crippen LogP contribution in [0.15, 0.2) is 39.3 Å². The molecule has 0 aliphatic carbocycles. The van der Waals surface area contributed by atoms with Crippen LogP contribution >= 0.6 is 34.3 Å². The van der Waals surface area contributed by atoms with E-state index in [2.05, 4.69) is 21.4 Å². The average molecular weight is 407 g/mol. The molecule has 1 saturated heterocycles. The van der Waals surface area contributed by atoms with E-state index < -0.39 is 0 Å². The maximum Gasteiger partial charge on any atom is 0.260 e. The van der Waals surface area contributed by atoms with Gasteiger partial charge in [0.15, 0.2) is 0 Å². The predicted octanol–water partition coefficient (Wildman–Crippen LogP) is 3.58. The van der Waals surface area contributed by atoms with Gasteiger partial charge in [-0.05, 0) is 11.4 Å². The number of hydrogen-bond donors (Lipinski definition) is 1. The third-order valence-corrected chi connectivity index (χ3v) is 6.41. The minimum absolute atomic E-state index is 0.0493. The highest BCUT2D eigenvalue weighted by atomic mass is 35.5. The van der Waals surface area contributed by atoms with Gasteiger partial charge in [-0.25, -0.2) is 4.98 Å². The van der Waals surface area contributed by atoms with Gasteiger partial charge >= 0.3 is 0 Å². The average Bonchev–Trinajstić information content (AvgIpc) is 3.25. The quantitative estimate of drug-likeness (QED) is 0.703. The Morgan fingerprint density at radius 2 is 2.04 bits per heavy atom. The van der Waals surface area contributed by atoms with Gasteiger partial charge in [-0.2, -0.15) is 0 Å². The molecule has 4 heterocycles. The molecule has 0 amide bonds. The van der Waals surface area contributed by atoms with Gasteiger partial charge in [0.05, 0.1) is 11.9 Å². The van der Waals surface area contributed by atoms with Crippen molar-refractivity contribution < 1.29 is 0 Å². The molecule has 5 nitrogen and oxygen atoms in total. The van der Waals surface area contributed by atoms with Crippen LogP contribution in [0, 0.1) is 0 Å². The second-order valence-corrected chi connectivity index (χ2v) is 8.73. The lowest BCUT2D eigenvalue weighted by Crippen LogP contribution is -2.46. The molecule has 0 bridgehead atoms. The first-order valence-electron chi connectivity index (χ1n) is 8.42. The first-order chi connectivity index (χ1) is 12.6. The van der Waals surface area contributed by atoms with Crippen molar-refractivity contribution in [2.24, 2.45) is 0 Å². The molecule has 136 valence electrons. The lowest BCUT2D eigenvalue weighted by atomic mass is 10.2. The number of aromatic nitrogens is 2. The summed E-state index contributed by atoms with van der Waals surface area (Å²) < 4.78 is 0. The minimum Gasteiger partial charge on any atom is -0.309 e. The number of nitrogens with zero attached hydrogens (tertiary/aromatic N) is 3. The van der Waals surface area contributed by atoms with Gasteiger partial charge in [0.2, 0.25) is 0 Å². The van der Waals surface area contributed by atoms with Crippen molar-refractivity contribution in [1.29, 1.82) is 0 Å². The summed E-state index contributed by atoms with van der Waals surface area (Å²) in [6.45, 7) is 8.89. The van der Waals surface area contributed by atoms with Crippen LogP contribution in [0.25, 0.3) is 20.7 Å². The lowest BCUT2D eigenvalue weighted by molar-refractivity contribution is 0.134. The fraction of sp³-hybridized carbons (Fsp3) is 0.333. The molecule has 1 aliphatic rings. The van der Waals surface area contributed by atoms with Gasteiger partial charge in [-0.15, -0.1) is 22.7 Å². The van der Waals surface area contributed by atoms with Crippen LogP contribution in [0.5, 0.6) is 0 Å². The van der Waals surface area contributed by atoms with Crippen LogP contribution in [-0.4, -0.2) is 52.5 Å². The standard InChI is InChI=1S/C18H19ClN4OS2/c1-12(19)9-22-4-6-23(7-5-22)10-15-20-17(24)16-13(11-26-18(16)21-15)14-3-2-8-25-14/h2-3,8,11H,1,4-7,9-10H2,(H,20,21,24). The van der Waals surface area contributed by atoms with E-state index in [1.807, 2.05) is 22.9 Å². The Labute approximate surface area is 164 Å². The number of aromatic amines is 1. The fourth-order valence-corrected chi connectivity index (χ4v) is 5.19. The van der Waals surface area contributed by atoms with Crippen LogP contribution < -0.4 is 5.56 Å². The van der Waals surface area contributed by atoms with Gasteiger partial charge in [0, 0.05) is 53.6 Å². The summed E-state index contributed by atoms with van der Waals surface area (Å²) in [6.07, 6.45) is 0. The van der Waals surface area contributed by atoms with E-state index in [0.717, 1.165) is 53.8 Å². The number of rotatable bonds is 5. The molecule has 26 heavy (non-hydrogen) atoms. The van der Waals surface area contributed by atoms with Crippen LogP contribution in [0.3, 0.4) is 0 Å². The van der Waals surface area contributed by atoms with Crippen molar-refractivity contribution in [2.45, 2.75) is 6.54 Å². The van der Waals surface area contributed by atoms with E-state index in [0.29, 0.717) is 17.0 Å². The topological polar surface area (TPSA) is 52.2 Å². The van der Waals surface area contributed by atoms with E-state index in [-0.39, 0.29) is 5.56 Å². The Hall–Kier alpha value is -1.51. The zero-order valence-electron chi connectivity index (χ0n) is 14.2. The fourth-order valence-electron chi connectivity index (χ4n) is 3.24. The molecule has 8 heteroatoms. The first-order valence-corrected chi connectivity index (χ1v) is 10.6. The number of hydrogen-bond acceptors (Lipinski definition) is 6. The maximum atomic E-state index is 12.7. The summed E-state index contributed by atoms with van der Waals surface area (Å²) in [4.78, 5) is 26.9. The van der Waals surface area contributed by atoms with Gasteiger partial charge in [-0.1, -0.05) is 24.2 Å². The summed E-state index contributed by atoms with van der Waals surface area (Å²) in [5.74, 6) is 0.734. The van der Waals surface area contributed by atoms with E-state index in [9.17, 15) is 4.79 Å². The van der Waals surface area contributed by atoms with Crippen molar-refractivity contribution in [1.82, 2.24) is 19.8 Å². The Bertz CT molecular complexity index is 971. The normalized spacial score (nSPS) is 16.3. The molecule has 1 fully saturated rings. The highest BCUT2D eigenvalue weighted by Gasteiger charge is 2.19. The van der Waals surface area contributed by atoms with Gasteiger partial charge in [-0.3, -0.25) is 14.6 Å². The monoisotopic (exact) mass is 406 g/mol. The van der Waals surface area contributed by atoms with Gasteiger partial charge in [0.25, 0.3) is 5.56 Å². The van der Waals surface area contributed by atoms with Crippen LogP contribution in [0.2, 0.25) is 0 Å². The Morgan fingerprint density at radius 3 is 2.73 bits per heavy atom. The zero-order chi connectivity index (χ0) is 18.1. The molecule has 0 radical (unpaired) electrons. The number of piperazine rings is 1. The molecule has 1 N–H and O–H groups in total. The second kappa shape index (κ2) is 7.62. The molecule has 0 aromatic carbocycles. The molecule has 4 rings (SSSR count). The molecular formula is C18H19ClN4OS2. The summed E-state index contributed by atoms with van der Waals surface area (Å²) in [7, 11) is 0. The molecule has 0 saturated carbocycles. The van der Waals surface area contributed by atoms with Crippen molar-refractivity contribution in [3.63, 3.8) is 0 Å². The van der Waals surface area contributed by atoms with Crippen molar-refractivity contribution in [2.75, 3.05) is 32.7 Å². The lowest BCUT2D eigenvalue weighted by Gasteiger charge is -2.34. The summed E-state index contributed by atoms with van der Waals surface area (Å²) in [5.41, 5.74) is 0.932. The number of halogens is 1. The first kappa shape index (κ1) is 17.9. The predicted molar refractivity (Wildman–Crippen MR) is 110 cm³/mol. The zero-order valence-corrected chi connectivity index (χ0v) is 16.6. The second-order valence-electron chi connectivity index (χ2n) is 6.39. The smallest absolute Gasteiger partial charge is 0.260 e. The van der Waals surface area contributed by atoms with Crippen molar-refractivity contribution >= 4 is 44.5 Å². The van der Waals surface area contributed by atoms with Crippen molar-refractivity contribution in [3.8, 4) is 10.4 Å². The van der Waals surface area contributed by atoms with E-state index in [1.54, 1.807) is 11.3 Å². The molecule has 3 aromatic rings. The van der Waals surface area contributed by atoms with Gasteiger partial charge < -0.3 is 4.98 Å². The van der Waals surface area contributed by atoms with Gasteiger partial charge in [0.1, 0.15) is 10.7 Å². The third-order valence-electron chi connectivity index (χ3n) is 4.51. The number of fused-ring (bicyclic) bond motifs is 1. The Morgan fingerprint density at radius 1 is 1.27 bits per heavy atom. The molecule has 3 aromatic heterocycles.